The van der Waals surface area contributed by atoms with Crippen LogP contribution in [0.2, 0.25) is 0 Å². The van der Waals surface area contributed by atoms with Crippen molar-refractivity contribution in [3.63, 3.8) is 0 Å². The van der Waals surface area contributed by atoms with E-state index >= 15 is 0 Å². The molecular formula is C18H23F3N2O. The smallest absolute Gasteiger partial charge is 0.355 e. The molecule has 1 unspecified atom stereocenters. The Kier molecular flexibility index (Phi) is 4.85. The molecule has 1 aromatic rings. The molecule has 0 radical (unpaired) electrons. The maximum Gasteiger partial charge on any atom is 0.416 e. The van der Waals surface area contributed by atoms with Crippen LogP contribution in [0.4, 0.5) is 13.2 Å². The summed E-state index contributed by atoms with van der Waals surface area (Å²) >= 11 is 0. The van der Waals surface area contributed by atoms with Gasteiger partial charge in [0.2, 0.25) is 5.91 Å². The molecule has 3 nitrogen and oxygen atoms in total. The molecule has 2 fully saturated rings. The molecule has 1 aliphatic heterocycles. The highest BCUT2D eigenvalue weighted by Gasteiger charge is 2.51. The number of carbonyl (C=O) groups excluding carboxylic acids is 1. The van der Waals surface area contributed by atoms with Gasteiger partial charge in [-0.2, -0.15) is 13.2 Å². The van der Waals surface area contributed by atoms with Crippen LogP contribution in [0, 0.1) is 5.92 Å². The minimum Gasteiger partial charge on any atom is -0.355 e. The fourth-order valence-electron chi connectivity index (χ4n) is 3.49. The summed E-state index contributed by atoms with van der Waals surface area (Å²) in [4.78, 5) is 12.5. The summed E-state index contributed by atoms with van der Waals surface area (Å²) in [6.07, 6.45) is 0.0959. The Morgan fingerprint density at radius 2 is 2.12 bits per heavy atom. The van der Waals surface area contributed by atoms with Crippen LogP contribution in [0.25, 0.3) is 0 Å². The average molecular weight is 340 g/mol. The van der Waals surface area contributed by atoms with Gasteiger partial charge in [-0.1, -0.05) is 18.2 Å². The zero-order valence-corrected chi connectivity index (χ0v) is 13.6. The molecule has 1 aliphatic carbocycles. The standard InChI is InChI=1S/C18H23F3N2O/c19-18(20,21)15-5-1-4-14(11-15)17(7-8-17)16(24)23-10-6-13-3-2-9-22-12-13/h1,4-5,11,13,22H,2-3,6-10,12H2,(H,23,24). The van der Waals surface area contributed by atoms with Gasteiger partial charge < -0.3 is 10.6 Å². The largest absolute Gasteiger partial charge is 0.416 e. The average Bonchev–Trinajstić information content (AvgIpc) is 3.37. The van der Waals surface area contributed by atoms with Gasteiger partial charge in [0, 0.05) is 6.54 Å². The first-order valence-electron chi connectivity index (χ1n) is 8.58. The molecule has 1 saturated carbocycles. The quantitative estimate of drug-likeness (QED) is 0.864. The van der Waals surface area contributed by atoms with E-state index in [2.05, 4.69) is 10.6 Å². The Labute approximate surface area is 140 Å². The molecule has 1 aromatic carbocycles. The lowest BCUT2D eigenvalue weighted by molar-refractivity contribution is -0.137. The van der Waals surface area contributed by atoms with Crippen molar-refractivity contribution in [3.8, 4) is 0 Å². The summed E-state index contributed by atoms with van der Waals surface area (Å²) < 4.78 is 38.6. The monoisotopic (exact) mass is 340 g/mol. The van der Waals surface area contributed by atoms with E-state index in [4.69, 9.17) is 0 Å². The van der Waals surface area contributed by atoms with Gasteiger partial charge in [0.1, 0.15) is 0 Å². The molecule has 2 N–H and O–H groups in total. The molecule has 132 valence electrons. The third kappa shape index (κ3) is 3.74. The van der Waals surface area contributed by atoms with E-state index in [1.807, 2.05) is 0 Å². The van der Waals surface area contributed by atoms with Crippen LogP contribution < -0.4 is 10.6 Å². The summed E-state index contributed by atoms with van der Waals surface area (Å²) in [6.45, 7) is 2.63. The van der Waals surface area contributed by atoms with Gasteiger partial charge in [-0.25, -0.2) is 0 Å². The van der Waals surface area contributed by atoms with Gasteiger partial charge in [0.25, 0.3) is 0 Å². The van der Waals surface area contributed by atoms with Gasteiger partial charge in [-0.15, -0.1) is 0 Å². The summed E-state index contributed by atoms with van der Waals surface area (Å²) in [6, 6.07) is 5.19. The van der Waals surface area contributed by atoms with Crippen LogP contribution in [0.3, 0.4) is 0 Å². The van der Waals surface area contributed by atoms with Crippen LogP contribution in [0.15, 0.2) is 24.3 Å². The molecule has 1 atom stereocenters. The predicted octanol–water partition coefficient (Wildman–Crippen LogP) is 3.24. The highest BCUT2D eigenvalue weighted by atomic mass is 19.4. The second-order valence-corrected chi connectivity index (χ2v) is 6.92. The molecule has 1 heterocycles. The van der Waals surface area contributed by atoms with Crippen LogP contribution in [-0.4, -0.2) is 25.5 Å². The number of benzene rings is 1. The number of carbonyl (C=O) groups is 1. The van der Waals surface area contributed by atoms with Gasteiger partial charge in [0.15, 0.2) is 0 Å². The molecule has 0 aromatic heterocycles. The molecular weight excluding hydrogens is 317 g/mol. The molecule has 0 spiro atoms. The van der Waals surface area contributed by atoms with E-state index in [0.717, 1.165) is 38.1 Å². The first-order chi connectivity index (χ1) is 11.4. The summed E-state index contributed by atoms with van der Waals surface area (Å²) in [5.41, 5.74) is -0.965. The number of alkyl halides is 3. The van der Waals surface area contributed by atoms with Crippen molar-refractivity contribution >= 4 is 5.91 Å². The lowest BCUT2D eigenvalue weighted by Crippen LogP contribution is -2.37. The highest BCUT2D eigenvalue weighted by molar-refractivity contribution is 5.91. The van der Waals surface area contributed by atoms with Gasteiger partial charge in [-0.3, -0.25) is 4.79 Å². The number of hydrogen-bond donors (Lipinski definition) is 2. The van der Waals surface area contributed by atoms with Crippen molar-refractivity contribution in [2.45, 2.75) is 43.7 Å². The van der Waals surface area contributed by atoms with Crippen molar-refractivity contribution in [2.24, 2.45) is 5.92 Å². The number of halogens is 3. The number of rotatable bonds is 5. The van der Waals surface area contributed by atoms with Crippen LogP contribution in [0.1, 0.15) is 43.2 Å². The van der Waals surface area contributed by atoms with Crippen molar-refractivity contribution in [2.75, 3.05) is 19.6 Å². The molecule has 24 heavy (non-hydrogen) atoms. The fraction of sp³-hybridized carbons (Fsp3) is 0.611. The molecule has 6 heteroatoms. The van der Waals surface area contributed by atoms with E-state index in [9.17, 15) is 18.0 Å². The third-order valence-corrected chi connectivity index (χ3v) is 5.16. The Bertz CT molecular complexity index is 590. The van der Waals surface area contributed by atoms with Gasteiger partial charge in [0.05, 0.1) is 11.0 Å². The highest BCUT2D eigenvalue weighted by Crippen LogP contribution is 2.49. The summed E-state index contributed by atoms with van der Waals surface area (Å²) in [7, 11) is 0. The molecule has 1 amide bonds. The fourth-order valence-corrected chi connectivity index (χ4v) is 3.49. The maximum absolute atomic E-state index is 12.9. The normalized spacial score (nSPS) is 22.9. The Hall–Kier alpha value is -1.56. The number of hydrogen-bond acceptors (Lipinski definition) is 2. The lowest BCUT2D eigenvalue weighted by Gasteiger charge is -2.23. The van der Waals surface area contributed by atoms with E-state index in [1.54, 1.807) is 6.07 Å². The van der Waals surface area contributed by atoms with Crippen LogP contribution in [-0.2, 0) is 16.4 Å². The Morgan fingerprint density at radius 1 is 1.33 bits per heavy atom. The molecule has 1 saturated heterocycles. The molecule has 0 bridgehead atoms. The van der Waals surface area contributed by atoms with Gasteiger partial charge in [-0.05, 0) is 62.7 Å². The number of amides is 1. The topological polar surface area (TPSA) is 41.1 Å². The summed E-state index contributed by atoms with van der Waals surface area (Å²) in [5.74, 6) is 0.438. The van der Waals surface area contributed by atoms with Crippen LogP contribution >= 0.6 is 0 Å². The maximum atomic E-state index is 12.9. The van der Waals surface area contributed by atoms with E-state index in [1.165, 1.54) is 12.5 Å². The minimum atomic E-state index is -4.38. The van der Waals surface area contributed by atoms with Crippen molar-refractivity contribution in [1.29, 1.82) is 0 Å². The van der Waals surface area contributed by atoms with E-state index < -0.39 is 17.2 Å². The number of nitrogens with one attached hydrogen (secondary N) is 2. The lowest BCUT2D eigenvalue weighted by atomic mass is 9.92. The second-order valence-electron chi connectivity index (χ2n) is 6.92. The molecule has 2 aliphatic rings. The third-order valence-electron chi connectivity index (χ3n) is 5.16. The van der Waals surface area contributed by atoms with E-state index in [-0.39, 0.29) is 5.91 Å². The summed E-state index contributed by atoms with van der Waals surface area (Å²) in [5, 5.41) is 6.28. The number of piperidine rings is 1. The van der Waals surface area contributed by atoms with Crippen LogP contribution in [0.5, 0.6) is 0 Å². The van der Waals surface area contributed by atoms with Gasteiger partial charge >= 0.3 is 6.18 Å². The van der Waals surface area contributed by atoms with Crippen molar-refractivity contribution in [3.05, 3.63) is 35.4 Å². The minimum absolute atomic E-state index is 0.134. The first-order valence-corrected chi connectivity index (χ1v) is 8.58. The zero-order valence-electron chi connectivity index (χ0n) is 13.6. The Balaban J connectivity index is 1.60. The second kappa shape index (κ2) is 6.75. The zero-order chi connectivity index (χ0) is 17.2. The van der Waals surface area contributed by atoms with E-state index in [0.29, 0.717) is 30.9 Å². The van der Waals surface area contributed by atoms with Crippen molar-refractivity contribution < 1.29 is 18.0 Å². The Morgan fingerprint density at radius 3 is 2.75 bits per heavy atom. The van der Waals surface area contributed by atoms with Crippen molar-refractivity contribution in [1.82, 2.24) is 10.6 Å². The molecule has 3 rings (SSSR count). The predicted molar refractivity (Wildman–Crippen MR) is 85.6 cm³/mol. The SMILES string of the molecule is O=C(NCCC1CCCNC1)C1(c2cccc(C(F)(F)F)c2)CC1. The first kappa shape index (κ1) is 17.3.